The molecule has 0 amide bonds. The SMILES string of the molecule is C[NH2+]C1CC[NH+](Cc2ccccc2)CC1. The molecule has 1 aromatic rings. The molecular weight excluding hydrogens is 184 g/mol. The first-order valence-electron chi connectivity index (χ1n) is 6.05. The van der Waals surface area contributed by atoms with Crippen LogP contribution >= 0.6 is 0 Å². The lowest BCUT2D eigenvalue weighted by Gasteiger charge is -2.27. The summed E-state index contributed by atoms with van der Waals surface area (Å²) in [5.74, 6) is 0. The van der Waals surface area contributed by atoms with Crippen LogP contribution < -0.4 is 10.2 Å². The Morgan fingerprint density at radius 2 is 1.87 bits per heavy atom. The van der Waals surface area contributed by atoms with Crippen molar-refractivity contribution in [2.45, 2.75) is 25.4 Å². The summed E-state index contributed by atoms with van der Waals surface area (Å²) in [5.41, 5.74) is 1.48. The summed E-state index contributed by atoms with van der Waals surface area (Å²) < 4.78 is 0. The molecule has 1 aliphatic rings. The van der Waals surface area contributed by atoms with Crippen LogP contribution in [-0.4, -0.2) is 26.2 Å². The highest BCUT2D eigenvalue weighted by Gasteiger charge is 2.22. The summed E-state index contributed by atoms with van der Waals surface area (Å²) in [7, 11) is 2.20. The van der Waals surface area contributed by atoms with Crippen LogP contribution in [0.5, 0.6) is 0 Å². The lowest BCUT2D eigenvalue weighted by Crippen LogP contribution is -3.13. The van der Waals surface area contributed by atoms with Crippen LogP contribution in [0.15, 0.2) is 30.3 Å². The lowest BCUT2D eigenvalue weighted by molar-refractivity contribution is -0.925. The van der Waals surface area contributed by atoms with E-state index >= 15 is 0 Å². The molecule has 0 bridgehead atoms. The zero-order chi connectivity index (χ0) is 10.5. The second-order valence-corrected chi connectivity index (χ2v) is 4.58. The smallest absolute Gasteiger partial charge is 0.103 e. The Balaban J connectivity index is 1.82. The number of hydrogen-bond donors (Lipinski definition) is 2. The Bertz CT molecular complexity index is 276. The number of nitrogens with two attached hydrogens (primary N) is 1. The average molecular weight is 206 g/mol. The summed E-state index contributed by atoms with van der Waals surface area (Å²) in [4.78, 5) is 1.75. The molecule has 1 saturated heterocycles. The zero-order valence-electron chi connectivity index (χ0n) is 9.58. The minimum absolute atomic E-state index is 0.879. The van der Waals surface area contributed by atoms with Crippen molar-refractivity contribution < 1.29 is 10.2 Å². The second kappa shape index (κ2) is 5.29. The van der Waals surface area contributed by atoms with Crippen LogP contribution in [0.2, 0.25) is 0 Å². The maximum atomic E-state index is 2.37. The van der Waals surface area contributed by atoms with Crippen LogP contribution in [0.4, 0.5) is 0 Å². The van der Waals surface area contributed by atoms with Crippen LogP contribution in [-0.2, 0) is 6.54 Å². The third-order valence-corrected chi connectivity index (χ3v) is 3.51. The Labute approximate surface area is 92.3 Å². The van der Waals surface area contributed by atoms with Gasteiger partial charge >= 0.3 is 0 Å². The van der Waals surface area contributed by atoms with Gasteiger partial charge in [0.1, 0.15) is 6.54 Å². The fourth-order valence-corrected chi connectivity index (χ4v) is 2.44. The Morgan fingerprint density at radius 3 is 2.47 bits per heavy atom. The first-order valence-corrected chi connectivity index (χ1v) is 6.05. The molecule has 1 aromatic carbocycles. The van der Waals surface area contributed by atoms with Gasteiger partial charge in [0.2, 0.25) is 0 Å². The Morgan fingerprint density at radius 1 is 1.20 bits per heavy atom. The van der Waals surface area contributed by atoms with Crippen LogP contribution in [0.1, 0.15) is 18.4 Å². The maximum absolute atomic E-state index is 2.37. The van der Waals surface area contributed by atoms with E-state index in [-0.39, 0.29) is 0 Å². The van der Waals surface area contributed by atoms with Crippen molar-refractivity contribution in [3.63, 3.8) is 0 Å². The van der Waals surface area contributed by atoms with Gasteiger partial charge in [-0.1, -0.05) is 30.3 Å². The van der Waals surface area contributed by atoms with Crippen LogP contribution in [0.3, 0.4) is 0 Å². The zero-order valence-corrected chi connectivity index (χ0v) is 9.58. The molecule has 0 radical (unpaired) electrons. The van der Waals surface area contributed by atoms with Gasteiger partial charge in [0.25, 0.3) is 0 Å². The summed E-state index contributed by atoms with van der Waals surface area (Å²) in [6, 6.07) is 11.7. The van der Waals surface area contributed by atoms with Crippen LogP contribution in [0.25, 0.3) is 0 Å². The van der Waals surface area contributed by atoms with Crippen molar-refractivity contribution >= 4 is 0 Å². The van der Waals surface area contributed by atoms with Crippen molar-refractivity contribution in [3.8, 4) is 0 Å². The molecule has 0 saturated carbocycles. The monoisotopic (exact) mass is 206 g/mol. The largest absolute Gasteiger partial charge is 0.346 e. The second-order valence-electron chi connectivity index (χ2n) is 4.58. The normalized spacial score (nSPS) is 26.5. The Kier molecular flexibility index (Phi) is 3.75. The van der Waals surface area contributed by atoms with Gasteiger partial charge in [-0.05, 0) is 0 Å². The molecule has 1 aliphatic heterocycles. The van der Waals surface area contributed by atoms with E-state index in [1.165, 1.54) is 38.0 Å². The average Bonchev–Trinajstić information content (AvgIpc) is 2.31. The summed E-state index contributed by atoms with van der Waals surface area (Å²) in [5, 5.41) is 2.37. The molecule has 0 aliphatic carbocycles. The van der Waals surface area contributed by atoms with Gasteiger partial charge in [0.05, 0.1) is 26.2 Å². The van der Waals surface area contributed by atoms with E-state index in [2.05, 4.69) is 42.7 Å². The number of quaternary nitrogens is 2. The number of benzene rings is 1. The molecular formula is C13H22N2+2. The molecule has 0 spiro atoms. The van der Waals surface area contributed by atoms with E-state index in [0.29, 0.717) is 0 Å². The molecule has 82 valence electrons. The first-order chi connectivity index (χ1) is 7.38. The quantitative estimate of drug-likeness (QED) is 0.661. The highest BCUT2D eigenvalue weighted by Crippen LogP contribution is 1.98. The minimum Gasteiger partial charge on any atom is -0.346 e. The van der Waals surface area contributed by atoms with E-state index in [4.69, 9.17) is 0 Å². The van der Waals surface area contributed by atoms with E-state index in [0.717, 1.165) is 6.04 Å². The van der Waals surface area contributed by atoms with E-state index in [1.807, 2.05) is 0 Å². The lowest BCUT2D eigenvalue weighted by atomic mass is 10.0. The molecule has 2 rings (SSSR count). The topological polar surface area (TPSA) is 21.1 Å². The van der Waals surface area contributed by atoms with Gasteiger partial charge in [-0.25, -0.2) is 0 Å². The summed E-state index contributed by atoms with van der Waals surface area (Å²) >= 11 is 0. The van der Waals surface area contributed by atoms with Gasteiger partial charge in [-0.2, -0.15) is 0 Å². The molecule has 1 fully saturated rings. The predicted octanol–water partition coefficient (Wildman–Crippen LogP) is -0.573. The maximum Gasteiger partial charge on any atom is 0.103 e. The first kappa shape index (κ1) is 10.7. The van der Waals surface area contributed by atoms with Gasteiger partial charge in [0.15, 0.2) is 0 Å². The molecule has 1 heterocycles. The molecule has 3 N–H and O–H groups in total. The van der Waals surface area contributed by atoms with Crippen molar-refractivity contribution in [2.24, 2.45) is 0 Å². The number of nitrogens with one attached hydrogen (secondary N) is 1. The van der Waals surface area contributed by atoms with Crippen molar-refractivity contribution in [1.29, 1.82) is 0 Å². The molecule has 15 heavy (non-hydrogen) atoms. The van der Waals surface area contributed by atoms with Crippen molar-refractivity contribution in [2.75, 3.05) is 20.1 Å². The van der Waals surface area contributed by atoms with Gasteiger partial charge < -0.3 is 10.2 Å². The number of piperidine rings is 1. The van der Waals surface area contributed by atoms with Gasteiger partial charge in [-0.15, -0.1) is 0 Å². The number of hydrogen-bond acceptors (Lipinski definition) is 0. The van der Waals surface area contributed by atoms with Crippen molar-refractivity contribution in [3.05, 3.63) is 35.9 Å². The predicted molar refractivity (Wildman–Crippen MR) is 61.7 cm³/mol. The molecule has 2 nitrogen and oxygen atoms in total. The number of likely N-dealkylation sites (tertiary alicyclic amines) is 1. The van der Waals surface area contributed by atoms with Gasteiger partial charge in [0, 0.05) is 18.4 Å². The third kappa shape index (κ3) is 3.05. The highest BCUT2D eigenvalue weighted by atomic mass is 15.1. The molecule has 2 heteroatoms. The molecule has 0 aromatic heterocycles. The third-order valence-electron chi connectivity index (χ3n) is 3.51. The van der Waals surface area contributed by atoms with Gasteiger partial charge in [-0.3, -0.25) is 0 Å². The fourth-order valence-electron chi connectivity index (χ4n) is 2.44. The summed E-state index contributed by atoms with van der Waals surface area (Å²) in [6.45, 7) is 3.88. The van der Waals surface area contributed by atoms with E-state index < -0.39 is 0 Å². The highest BCUT2D eigenvalue weighted by molar-refractivity contribution is 5.13. The minimum atomic E-state index is 0.879. The van der Waals surface area contributed by atoms with Crippen LogP contribution in [0, 0.1) is 0 Å². The summed E-state index contributed by atoms with van der Waals surface area (Å²) in [6.07, 6.45) is 2.75. The fraction of sp³-hybridized carbons (Fsp3) is 0.538. The standard InChI is InChI=1S/C13H20N2/c1-14-13-7-9-15(10-8-13)11-12-5-3-2-4-6-12/h2-6,13-14H,7-11H2,1H3/p+2. The van der Waals surface area contributed by atoms with E-state index in [9.17, 15) is 0 Å². The Hall–Kier alpha value is -0.860. The molecule has 0 unspecified atom stereocenters. The number of rotatable bonds is 3. The molecule has 0 atom stereocenters. The van der Waals surface area contributed by atoms with Crippen molar-refractivity contribution in [1.82, 2.24) is 0 Å². The van der Waals surface area contributed by atoms with E-state index in [1.54, 1.807) is 4.90 Å².